The number of carbonyl (C=O) groups is 2. The van der Waals surface area contributed by atoms with E-state index in [-0.39, 0.29) is 30.8 Å². The van der Waals surface area contributed by atoms with Crippen molar-refractivity contribution in [3.05, 3.63) is 106 Å². The fraction of sp³-hybridized carbons (Fsp3) is 0.333. The summed E-state index contributed by atoms with van der Waals surface area (Å²) >= 11 is 12.9. The van der Waals surface area contributed by atoms with E-state index < -0.39 is 6.04 Å². The number of halogens is 2. The molecule has 36 heavy (non-hydrogen) atoms. The van der Waals surface area contributed by atoms with E-state index in [4.69, 9.17) is 23.2 Å². The molecule has 4 nitrogen and oxygen atoms in total. The zero-order chi connectivity index (χ0) is 25.3. The van der Waals surface area contributed by atoms with Gasteiger partial charge in [-0.25, -0.2) is 0 Å². The fourth-order valence-electron chi connectivity index (χ4n) is 4.81. The molecule has 3 aromatic rings. The van der Waals surface area contributed by atoms with Crippen molar-refractivity contribution in [3.8, 4) is 0 Å². The van der Waals surface area contributed by atoms with Gasteiger partial charge in [-0.15, -0.1) is 0 Å². The molecule has 0 aromatic heterocycles. The molecule has 2 amide bonds. The van der Waals surface area contributed by atoms with Crippen LogP contribution in [0, 0.1) is 0 Å². The average Bonchev–Trinajstić information content (AvgIpc) is 2.89. The van der Waals surface area contributed by atoms with Gasteiger partial charge >= 0.3 is 0 Å². The third-order valence-electron chi connectivity index (χ3n) is 6.82. The number of amides is 2. The molecule has 1 saturated carbocycles. The number of rotatable bonds is 9. The van der Waals surface area contributed by atoms with Crippen molar-refractivity contribution in [2.45, 2.75) is 63.6 Å². The molecule has 1 aliphatic rings. The van der Waals surface area contributed by atoms with Gasteiger partial charge in [-0.1, -0.05) is 109 Å². The van der Waals surface area contributed by atoms with Crippen molar-refractivity contribution in [1.82, 2.24) is 10.2 Å². The average molecular weight is 524 g/mol. The molecule has 1 atom stereocenters. The van der Waals surface area contributed by atoms with Crippen molar-refractivity contribution in [1.29, 1.82) is 0 Å². The summed E-state index contributed by atoms with van der Waals surface area (Å²) in [4.78, 5) is 29.3. The van der Waals surface area contributed by atoms with Crippen LogP contribution in [-0.2, 0) is 29.0 Å². The Labute approximate surface area is 223 Å². The zero-order valence-electron chi connectivity index (χ0n) is 20.3. The minimum Gasteiger partial charge on any atom is -0.352 e. The molecule has 4 rings (SSSR count). The summed E-state index contributed by atoms with van der Waals surface area (Å²) in [6, 6.07) is 24.1. The van der Waals surface area contributed by atoms with Crippen molar-refractivity contribution in [2.75, 3.05) is 0 Å². The smallest absolute Gasteiger partial charge is 0.243 e. The van der Waals surface area contributed by atoms with E-state index in [9.17, 15) is 9.59 Å². The first-order valence-corrected chi connectivity index (χ1v) is 13.4. The van der Waals surface area contributed by atoms with E-state index >= 15 is 0 Å². The van der Waals surface area contributed by atoms with Gasteiger partial charge in [0.1, 0.15) is 6.04 Å². The van der Waals surface area contributed by atoms with Crippen LogP contribution in [0.15, 0.2) is 78.9 Å². The standard InChI is InChI=1S/C30H32Cl2N2O2/c31-26-17-9-7-13-23(26)20-29(35)34(21-24-14-8-10-18-27(24)32)28(19-22-11-3-1-4-12-22)30(36)33-25-15-5-2-6-16-25/h1,3-4,7-14,17-18,25,28H,2,5-6,15-16,19-21H2,(H,33,36)/t28-/m0/s1. The van der Waals surface area contributed by atoms with Gasteiger partial charge in [0.15, 0.2) is 0 Å². The Morgan fingerprint density at radius 2 is 1.39 bits per heavy atom. The molecular weight excluding hydrogens is 491 g/mol. The number of hydrogen-bond acceptors (Lipinski definition) is 2. The van der Waals surface area contributed by atoms with Crippen LogP contribution < -0.4 is 5.32 Å². The van der Waals surface area contributed by atoms with Gasteiger partial charge in [0.25, 0.3) is 0 Å². The Morgan fingerprint density at radius 3 is 2.03 bits per heavy atom. The summed E-state index contributed by atoms with van der Waals surface area (Å²) in [5, 5.41) is 4.36. The van der Waals surface area contributed by atoms with Gasteiger partial charge < -0.3 is 10.2 Å². The molecule has 6 heteroatoms. The minimum atomic E-state index is -0.680. The first kappa shape index (κ1) is 26.2. The Balaban J connectivity index is 1.67. The monoisotopic (exact) mass is 522 g/mol. The van der Waals surface area contributed by atoms with Gasteiger partial charge in [0.2, 0.25) is 11.8 Å². The van der Waals surface area contributed by atoms with Gasteiger partial charge in [-0.3, -0.25) is 9.59 Å². The lowest BCUT2D eigenvalue weighted by Crippen LogP contribution is -2.53. The third-order valence-corrected chi connectivity index (χ3v) is 7.56. The molecule has 0 unspecified atom stereocenters. The molecule has 0 spiro atoms. The number of carbonyl (C=O) groups excluding carboxylic acids is 2. The Bertz CT molecular complexity index is 1160. The highest BCUT2D eigenvalue weighted by molar-refractivity contribution is 6.31. The molecule has 0 aliphatic heterocycles. The van der Waals surface area contributed by atoms with Gasteiger partial charge in [0.05, 0.1) is 6.42 Å². The Kier molecular flexibility index (Phi) is 9.43. The largest absolute Gasteiger partial charge is 0.352 e. The third kappa shape index (κ3) is 7.11. The molecule has 0 radical (unpaired) electrons. The van der Waals surface area contributed by atoms with Crippen molar-refractivity contribution in [3.63, 3.8) is 0 Å². The van der Waals surface area contributed by atoms with Gasteiger partial charge in [-0.05, 0) is 41.7 Å². The maximum Gasteiger partial charge on any atom is 0.243 e. The summed E-state index contributed by atoms with van der Waals surface area (Å²) < 4.78 is 0. The maximum absolute atomic E-state index is 13.9. The normalized spacial score (nSPS) is 14.7. The van der Waals surface area contributed by atoms with Crippen molar-refractivity contribution < 1.29 is 9.59 Å². The molecular formula is C30H32Cl2N2O2. The molecule has 0 heterocycles. The molecule has 1 aliphatic carbocycles. The summed E-state index contributed by atoms with van der Waals surface area (Å²) in [6.07, 6.45) is 5.90. The Morgan fingerprint density at radius 1 is 0.806 bits per heavy atom. The minimum absolute atomic E-state index is 0.103. The highest BCUT2D eigenvalue weighted by atomic mass is 35.5. The highest BCUT2D eigenvalue weighted by Crippen LogP contribution is 2.24. The van der Waals surface area contributed by atoms with Crippen molar-refractivity contribution >= 4 is 35.0 Å². The summed E-state index contributed by atoms with van der Waals surface area (Å²) in [5.74, 6) is -0.284. The van der Waals surface area contributed by atoms with Gasteiger partial charge in [-0.2, -0.15) is 0 Å². The van der Waals surface area contributed by atoms with Crippen LogP contribution in [0.4, 0.5) is 0 Å². The molecule has 188 valence electrons. The van der Waals surface area contributed by atoms with Gasteiger partial charge in [0, 0.05) is 29.1 Å². The van der Waals surface area contributed by atoms with E-state index in [1.165, 1.54) is 6.42 Å². The second-order valence-electron chi connectivity index (χ2n) is 9.43. The topological polar surface area (TPSA) is 49.4 Å². The number of hydrogen-bond donors (Lipinski definition) is 1. The summed E-state index contributed by atoms with van der Waals surface area (Å²) in [5.41, 5.74) is 2.53. The van der Waals surface area contributed by atoms with E-state index in [1.807, 2.05) is 72.8 Å². The lowest BCUT2D eigenvalue weighted by atomic mass is 9.94. The second kappa shape index (κ2) is 12.9. The fourth-order valence-corrected chi connectivity index (χ4v) is 5.21. The molecule has 1 N–H and O–H groups in total. The molecule has 0 bridgehead atoms. The number of nitrogens with zero attached hydrogens (tertiary/aromatic N) is 1. The highest BCUT2D eigenvalue weighted by Gasteiger charge is 2.32. The maximum atomic E-state index is 13.9. The van der Waals surface area contributed by atoms with Crippen molar-refractivity contribution in [2.24, 2.45) is 0 Å². The van der Waals surface area contributed by atoms with Crippen LogP contribution in [0.25, 0.3) is 0 Å². The zero-order valence-corrected chi connectivity index (χ0v) is 21.8. The summed E-state index contributed by atoms with van der Waals surface area (Å²) in [6.45, 7) is 0.235. The van der Waals surface area contributed by atoms with Crippen LogP contribution >= 0.6 is 23.2 Å². The van der Waals surface area contributed by atoms with Crippen LogP contribution in [0.5, 0.6) is 0 Å². The summed E-state index contributed by atoms with van der Waals surface area (Å²) in [7, 11) is 0. The van der Waals surface area contributed by atoms with E-state index in [1.54, 1.807) is 11.0 Å². The van der Waals surface area contributed by atoms with Crippen LogP contribution in [0.3, 0.4) is 0 Å². The number of benzene rings is 3. The van der Waals surface area contributed by atoms with E-state index in [0.29, 0.717) is 16.5 Å². The molecule has 0 saturated heterocycles. The molecule has 1 fully saturated rings. The SMILES string of the molecule is O=C(NC1CCCCC1)[C@H](Cc1ccccc1)N(Cc1ccccc1Cl)C(=O)Cc1ccccc1Cl. The molecule has 3 aromatic carbocycles. The van der Waals surface area contributed by atoms with Crippen LogP contribution in [0.2, 0.25) is 10.0 Å². The predicted molar refractivity (Wildman–Crippen MR) is 146 cm³/mol. The van der Waals surface area contributed by atoms with E-state index in [2.05, 4.69) is 5.32 Å². The number of nitrogens with one attached hydrogen (secondary N) is 1. The lowest BCUT2D eigenvalue weighted by molar-refractivity contribution is -0.141. The quantitative estimate of drug-likeness (QED) is 0.343. The Hall–Kier alpha value is -2.82. The van der Waals surface area contributed by atoms with E-state index in [0.717, 1.165) is 42.4 Å². The van der Waals surface area contributed by atoms with Crippen LogP contribution in [-0.4, -0.2) is 28.8 Å². The van der Waals surface area contributed by atoms with Crippen LogP contribution in [0.1, 0.15) is 48.8 Å². The predicted octanol–water partition coefficient (Wildman–Crippen LogP) is 6.62. The second-order valence-corrected chi connectivity index (χ2v) is 10.2. The lowest BCUT2D eigenvalue weighted by Gasteiger charge is -2.34. The first-order valence-electron chi connectivity index (χ1n) is 12.6. The first-order chi connectivity index (χ1) is 17.5.